The molecule has 0 radical (unpaired) electrons. The first kappa shape index (κ1) is 27.9. The van der Waals surface area contributed by atoms with Crippen molar-refractivity contribution in [1.82, 2.24) is 20.1 Å². The number of hydrogen-bond acceptors (Lipinski definition) is 6. The highest BCUT2D eigenvalue weighted by Gasteiger charge is 2.41. The first-order chi connectivity index (χ1) is 18.0. The number of ether oxygens (including phenoxy) is 1. The van der Waals surface area contributed by atoms with Crippen molar-refractivity contribution in [3.05, 3.63) is 63.9 Å². The standard InChI is InChI=1S/C28H35ClN4O5/c1-28(2,3)38-27(37)33-15-14-32(17-22(33)26(36)31-13-5-7-23(34)35)25-21-11-10-20(29)16-19(21)9-8-18-6-4-12-30-24(18)25/h4,6,10-12,16,22,25H,5,7-9,13-15,17H2,1-3H3,(H,31,36)(H,34,35). The molecule has 2 amide bonds. The largest absolute Gasteiger partial charge is 0.481 e. The number of amides is 2. The molecule has 0 bridgehead atoms. The van der Waals surface area contributed by atoms with Crippen molar-refractivity contribution < 1.29 is 24.2 Å². The molecule has 2 N–H and O–H groups in total. The van der Waals surface area contributed by atoms with Gasteiger partial charge in [0.15, 0.2) is 0 Å². The van der Waals surface area contributed by atoms with Crippen LogP contribution in [-0.4, -0.2) is 75.7 Å². The number of hydrogen-bond donors (Lipinski definition) is 2. The molecular weight excluding hydrogens is 508 g/mol. The summed E-state index contributed by atoms with van der Waals surface area (Å²) in [7, 11) is 0. The number of carbonyl (C=O) groups is 3. The second-order valence-corrected chi connectivity index (χ2v) is 11.2. The Kier molecular flexibility index (Phi) is 8.57. The highest BCUT2D eigenvalue weighted by molar-refractivity contribution is 6.30. The minimum absolute atomic E-state index is 0.0449. The van der Waals surface area contributed by atoms with Gasteiger partial charge >= 0.3 is 12.1 Å². The van der Waals surface area contributed by atoms with E-state index in [0.29, 0.717) is 24.5 Å². The Morgan fingerprint density at radius 1 is 1.16 bits per heavy atom. The number of benzene rings is 1. The lowest BCUT2D eigenvalue weighted by molar-refractivity contribution is -0.137. The fourth-order valence-electron chi connectivity index (χ4n) is 5.12. The zero-order valence-corrected chi connectivity index (χ0v) is 22.8. The Morgan fingerprint density at radius 2 is 1.92 bits per heavy atom. The number of carboxylic acid groups (broad SMARTS) is 1. The van der Waals surface area contributed by atoms with Gasteiger partial charge in [0.1, 0.15) is 11.6 Å². The molecule has 1 aromatic heterocycles. The highest BCUT2D eigenvalue weighted by Crippen LogP contribution is 2.38. The summed E-state index contributed by atoms with van der Waals surface area (Å²) in [5.41, 5.74) is 3.62. The molecule has 1 aliphatic carbocycles. The number of aliphatic carboxylic acids is 1. The lowest BCUT2D eigenvalue weighted by atomic mass is 9.95. The number of nitrogens with one attached hydrogen (secondary N) is 1. The van der Waals surface area contributed by atoms with Gasteiger partial charge in [-0.2, -0.15) is 0 Å². The predicted molar refractivity (Wildman–Crippen MR) is 143 cm³/mol. The van der Waals surface area contributed by atoms with Gasteiger partial charge in [0.2, 0.25) is 5.91 Å². The van der Waals surface area contributed by atoms with E-state index in [-0.39, 0.29) is 31.5 Å². The third-order valence-corrected chi connectivity index (χ3v) is 7.06. The van der Waals surface area contributed by atoms with Crippen molar-refractivity contribution in [2.45, 2.75) is 64.1 Å². The summed E-state index contributed by atoms with van der Waals surface area (Å²) in [6.07, 6.45) is 3.16. The fourth-order valence-corrected chi connectivity index (χ4v) is 5.32. The second-order valence-electron chi connectivity index (χ2n) is 10.8. The molecule has 1 aliphatic heterocycles. The number of carbonyl (C=O) groups excluding carboxylic acids is 2. The topological polar surface area (TPSA) is 112 Å². The van der Waals surface area contributed by atoms with Crippen molar-refractivity contribution in [3.8, 4) is 0 Å². The summed E-state index contributed by atoms with van der Waals surface area (Å²) in [4.78, 5) is 45.8. The second kappa shape index (κ2) is 11.7. The number of halogens is 1. The van der Waals surface area contributed by atoms with Crippen LogP contribution in [0.5, 0.6) is 0 Å². The Bertz CT molecular complexity index is 1200. The van der Waals surface area contributed by atoms with E-state index in [1.165, 1.54) is 4.90 Å². The Hall–Kier alpha value is -3.17. The van der Waals surface area contributed by atoms with Crippen molar-refractivity contribution in [2.24, 2.45) is 0 Å². The van der Waals surface area contributed by atoms with E-state index in [2.05, 4.69) is 16.3 Å². The molecule has 2 aliphatic rings. The van der Waals surface area contributed by atoms with Crippen LogP contribution in [0.4, 0.5) is 4.79 Å². The van der Waals surface area contributed by atoms with Gasteiger partial charge in [-0.15, -0.1) is 0 Å². The van der Waals surface area contributed by atoms with Gasteiger partial charge in [-0.05, 0) is 74.9 Å². The van der Waals surface area contributed by atoms with Gasteiger partial charge in [0, 0.05) is 43.8 Å². The molecule has 2 atom stereocenters. The fraction of sp³-hybridized carbons (Fsp3) is 0.500. The van der Waals surface area contributed by atoms with Crippen LogP contribution in [0.3, 0.4) is 0 Å². The number of carboxylic acids is 1. The van der Waals surface area contributed by atoms with Crippen LogP contribution in [0.2, 0.25) is 5.02 Å². The number of fused-ring (bicyclic) bond motifs is 2. The number of pyridine rings is 1. The highest BCUT2D eigenvalue weighted by atomic mass is 35.5. The molecule has 0 saturated carbocycles. The van der Waals surface area contributed by atoms with Crippen molar-refractivity contribution >= 4 is 29.6 Å². The lowest BCUT2D eigenvalue weighted by Gasteiger charge is -2.44. The normalized spacial score (nSPS) is 19.6. The number of rotatable bonds is 6. The average Bonchev–Trinajstić information content (AvgIpc) is 3.01. The first-order valence-corrected chi connectivity index (χ1v) is 13.4. The van der Waals surface area contributed by atoms with Crippen molar-refractivity contribution in [3.63, 3.8) is 0 Å². The van der Waals surface area contributed by atoms with Crippen LogP contribution in [0, 0.1) is 0 Å². The van der Waals surface area contributed by atoms with E-state index < -0.39 is 23.7 Å². The molecule has 0 spiro atoms. The first-order valence-electron chi connectivity index (χ1n) is 13.0. The van der Waals surface area contributed by atoms with E-state index in [4.69, 9.17) is 26.4 Å². The summed E-state index contributed by atoms with van der Waals surface area (Å²) >= 11 is 6.35. The van der Waals surface area contributed by atoms with Crippen LogP contribution in [0.25, 0.3) is 0 Å². The van der Waals surface area contributed by atoms with E-state index in [1.807, 2.05) is 24.3 Å². The maximum Gasteiger partial charge on any atom is 0.411 e. The zero-order chi connectivity index (χ0) is 27.4. The Labute approximate surface area is 228 Å². The molecule has 204 valence electrons. The Morgan fingerprint density at radius 3 is 2.66 bits per heavy atom. The SMILES string of the molecule is CC(C)(C)OC(=O)N1CCN(C2c3ccc(Cl)cc3CCc3cccnc32)CC1C(=O)NCCCC(=O)O. The quantitative estimate of drug-likeness (QED) is 0.533. The summed E-state index contributed by atoms with van der Waals surface area (Å²) in [6.45, 7) is 6.66. The minimum atomic E-state index is -0.920. The number of aryl methyl sites for hydroxylation is 2. The van der Waals surface area contributed by atoms with Gasteiger partial charge < -0.3 is 15.2 Å². The molecule has 4 rings (SSSR count). The van der Waals surface area contributed by atoms with Crippen molar-refractivity contribution in [2.75, 3.05) is 26.2 Å². The molecule has 2 heterocycles. The molecule has 1 fully saturated rings. The van der Waals surface area contributed by atoms with E-state index >= 15 is 0 Å². The smallest absolute Gasteiger partial charge is 0.411 e. The van der Waals surface area contributed by atoms with Crippen LogP contribution >= 0.6 is 11.6 Å². The number of piperazine rings is 1. The van der Waals surface area contributed by atoms with E-state index in [1.54, 1.807) is 27.0 Å². The van der Waals surface area contributed by atoms with Crippen LogP contribution in [0.15, 0.2) is 36.5 Å². The molecule has 1 aromatic carbocycles. The maximum absolute atomic E-state index is 13.4. The van der Waals surface area contributed by atoms with E-state index in [9.17, 15) is 14.4 Å². The maximum atomic E-state index is 13.4. The monoisotopic (exact) mass is 542 g/mol. The summed E-state index contributed by atoms with van der Waals surface area (Å²) in [5.74, 6) is -1.26. The van der Waals surface area contributed by atoms with Gasteiger partial charge in [-0.1, -0.05) is 23.7 Å². The summed E-state index contributed by atoms with van der Waals surface area (Å²) in [5, 5.41) is 12.4. The van der Waals surface area contributed by atoms with Crippen LogP contribution < -0.4 is 5.32 Å². The molecule has 9 nitrogen and oxygen atoms in total. The molecule has 2 unspecified atom stereocenters. The van der Waals surface area contributed by atoms with Gasteiger partial charge in [0.25, 0.3) is 0 Å². The average molecular weight is 543 g/mol. The third kappa shape index (κ3) is 6.63. The molecule has 10 heteroatoms. The Balaban J connectivity index is 1.65. The number of nitrogens with zero attached hydrogens (tertiary/aromatic N) is 3. The van der Waals surface area contributed by atoms with Gasteiger partial charge in [-0.3, -0.25) is 24.4 Å². The summed E-state index contributed by atoms with van der Waals surface area (Å²) in [6, 6.07) is 8.93. The summed E-state index contributed by atoms with van der Waals surface area (Å²) < 4.78 is 5.62. The van der Waals surface area contributed by atoms with Gasteiger partial charge in [-0.25, -0.2) is 4.79 Å². The molecule has 38 heavy (non-hydrogen) atoms. The third-order valence-electron chi connectivity index (χ3n) is 6.82. The van der Waals surface area contributed by atoms with Crippen LogP contribution in [0.1, 0.15) is 62.0 Å². The van der Waals surface area contributed by atoms with Gasteiger partial charge in [0.05, 0.1) is 11.7 Å². The minimum Gasteiger partial charge on any atom is -0.481 e. The lowest BCUT2D eigenvalue weighted by Crippen LogP contribution is -2.61. The molecular formula is C28H35ClN4O5. The predicted octanol–water partition coefficient (Wildman–Crippen LogP) is 3.83. The zero-order valence-electron chi connectivity index (χ0n) is 22.1. The van der Waals surface area contributed by atoms with E-state index in [0.717, 1.165) is 35.2 Å². The van der Waals surface area contributed by atoms with Crippen molar-refractivity contribution in [1.29, 1.82) is 0 Å². The molecule has 1 saturated heterocycles. The number of aromatic nitrogens is 1. The molecule has 2 aromatic rings. The van der Waals surface area contributed by atoms with Crippen LogP contribution in [-0.2, 0) is 27.2 Å².